The summed E-state index contributed by atoms with van der Waals surface area (Å²) in [5.74, 6) is 0.332. The Bertz CT molecular complexity index is 522. The number of nitrogens with zero attached hydrogens (tertiary/aromatic N) is 2. The predicted octanol–water partition coefficient (Wildman–Crippen LogP) is 2.97. The maximum atomic E-state index is 11.8. The molecule has 2 rings (SSSR count). The molecule has 0 saturated carbocycles. The van der Waals surface area contributed by atoms with Crippen LogP contribution in [-0.2, 0) is 13.1 Å². The van der Waals surface area contributed by atoms with Crippen molar-refractivity contribution in [3.63, 3.8) is 0 Å². The van der Waals surface area contributed by atoms with Gasteiger partial charge in [0.05, 0.1) is 6.20 Å². The van der Waals surface area contributed by atoms with Crippen LogP contribution >= 0.6 is 0 Å². The second-order valence-electron chi connectivity index (χ2n) is 6.59. The minimum absolute atomic E-state index is 0.148. The summed E-state index contributed by atoms with van der Waals surface area (Å²) in [4.78, 5) is 14.3. The summed E-state index contributed by atoms with van der Waals surface area (Å²) in [6.45, 7) is 9.27. The second kappa shape index (κ2) is 7.12. The average Bonchev–Trinajstić information content (AvgIpc) is 2.44. The lowest BCUT2D eigenvalue weighted by molar-refractivity contribution is 0.132. The van der Waals surface area contributed by atoms with Gasteiger partial charge in [-0.05, 0) is 31.7 Å². The number of pyridine rings is 1. The van der Waals surface area contributed by atoms with Gasteiger partial charge >= 0.3 is 0 Å². The Balaban J connectivity index is 2.24. The molecule has 4 heteroatoms. The molecule has 0 spiro atoms. The zero-order valence-electron chi connectivity index (χ0n) is 13.5. The summed E-state index contributed by atoms with van der Waals surface area (Å²) < 4.78 is 2.04. The molecule has 1 aliphatic rings. The smallest absolute Gasteiger partial charge is 0.223 e. The van der Waals surface area contributed by atoms with E-state index in [0.29, 0.717) is 12.0 Å². The van der Waals surface area contributed by atoms with Crippen molar-refractivity contribution in [1.82, 2.24) is 9.47 Å². The SMILES string of the molecule is CCC1CCCCN1Cc1cc(=O)c(O)cn1CC(C)C. The van der Waals surface area contributed by atoms with Crippen LogP contribution in [0.5, 0.6) is 5.75 Å². The van der Waals surface area contributed by atoms with Crippen LogP contribution < -0.4 is 5.43 Å². The minimum Gasteiger partial charge on any atom is -0.503 e. The van der Waals surface area contributed by atoms with E-state index in [9.17, 15) is 9.90 Å². The molecule has 1 aromatic heterocycles. The van der Waals surface area contributed by atoms with E-state index in [1.807, 2.05) is 4.57 Å². The van der Waals surface area contributed by atoms with Crippen LogP contribution in [0.2, 0.25) is 0 Å². The summed E-state index contributed by atoms with van der Waals surface area (Å²) in [7, 11) is 0. The molecule has 21 heavy (non-hydrogen) atoms. The molecule has 0 bridgehead atoms. The van der Waals surface area contributed by atoms with Gasteiger partial charge < -0.3 is 9.67 Å². The summed E-state index contributed by atoms with van der Waals surface area (Å²) in [6.07, 6.45) is 6.56. The molecule has 0 aliphatic carbocycles. The maximum Gasteiger partial charge on any atom is 0.223 e. The van der Waals surface area contributed by atoms with Gasteiger partial charge in [-0.3, -0.25) is 9.69 Å². The van der Waals surface area contributed by atoms with Crippen LogP contribution in [-0.4, -0.2) is 27.2 Å². The van der Waals surface area contributed by atoms with Crippen LogP contribution in [0.1, 0.15) is 52.1 Å². The van der Waals surface area contributed by atoms with Crippen molar-refractivity contribution in [2.75, 3.05) is 6.54 Å². The Hall–Kier alpha value is -1.29. The number of hydrogen-bond donors (Lipinski definition) is 1. The van der Waals surface area contributed by atoms with E-state index in [-0.39, 0.29) is 11.2 Å². The third-order valence-corrected chi connectivity index (χ3v) is 4.34. The second-order valence-corrected chi connectivity index (χ2v) is 6.59. The summed E-state index contributed by atoms with van der Waals surface area (Å²) in [6, 6.07) is 2.23. The van der Waals surface area contributed by atoms with Gasteiger partial charge in [0, 0.05) is 30.9 Å². The highest BCUT2D eigenvalue weighted by atomic mass is 16.3. The third-order valence-electron chi connectivity index (χ3n) is 4.34. The van der Waals surface area contributed by atoms with Crippen molar-refractivity contribution < 1.29 is 5.11 Å². The zero-order chi connectivity index (χ0) is 15.4. The number of rotatable bonds is 5. The maximum absolute atomic E-state index is 11.8. The monoisotopic (exact) mass is 292 g/mol. The molecule has 2 heterocycles. The fraction of sp³-hybridized carbons (Fsp3) is 0.706. The molecular weight excluding hydrogens is 264 g/mol. The van der Waals surface area contributed by atoms with Gasteiger partial charge in [0.15, 0.2) is 5.75 Å². The van der Waals surface area contributed by atoms with Crippen molar-refractivity contribution in [2.45, 2.75) is 65.6 Å². The van der Waals surface area contributed by atoms with Gasteiger partial charge in [0.1, 0.15) is 0 Å². The first-order valence-electron chi connectivity index (χ1n) is 8.17. The molecule has 1 atom stereocenters. The lowest BCUT2D eigenvalue weighted by Crippen LogP contribution is -2.39. The summed E-state index contributed by atoms with van der Waals surface area (Å²) in [5.41, 5.74) is 0.752. The van der Waals surface area contributed by atoms with Crippen molar-refractivity contribution in [3.8, 4) is 5.75 Å². The predicted molar refractivity (Wildman–Crippen MR) is 85.5 cm³/mol. The first-order chi connectivity index (χ1) is 10.0. The Morgan fingerprint density at radius 2 is 2.14 bits per heavy atom. The highest BCUT2D eigenvalue weighted by Crippen LogP contribution is 2.22. The molecule has 118 valence electrons. The number of aromatic nitrogens is 1. The van der Waals surface area contributed by atoms with Gasteiger partial charge in [-0.15, -0.1) is 0 Å². The molecule has 0 aromatic carbocycles. The van der Waals surface area contributed by atoms with Gasteiger partial charge in [-0.2, -0.15) is 0 Å². The fourth-order valence-corrected chi connectivity index (χ4v) is 3.24. The number of aromatic hydroxyl groups is 1. The van der Waals surface area contributed by atoms with E-state index in [1.54, 1.807) is 12.3 Å². The lowest BCUT2D eigenvalue weighted by atomic mass is 10.00. The topological polar surface area (TPSA) is 45.5 Å². The van der Waals surface area contributed by atoms with Gasteiger partial charge in [0.2, 0.25) is 5.43 Å². The van der Waals surface area contributed by atoms with Crippen LogP contribution in [0, 0.1) is 5.92 Å². The molecule has 1 aromatic rings. The molecule has 1 unspecified atom stereocenters. The number of hydrogen-bond acceptors (Lipinski definition) is 3. The van der Waals surface area contributed by atoms with Gasteiger partial charge in [0.25, 0.3) is 0 Å². The summed E-state index contributed by atoms with van der Waals surface area (Å²) >= 11 is 0. The van der Waals surface area contributed by atoms with Gasteiger partial charge in [-0.25, -0.2) is 0 Å². The van der Waals surface area contributed by atoms with E-state index in [2.05, 4.69) is 25.7 Å². The highest BCUT2D eigenvalue weighted by molar-refractivity contribution is 5.20. The van der Waals surface area contributed by atoms with Crippen molar-refractivity contribution in [1.29, 1.82) is 0 Å². The first-order valence-corrected chi connectivity index (χ1v) is 8.17. The Labute approximate surface area is 127 Å². The molecule has 4 nitrogen and oxygen atoms in total. The third kappa shape index (κ3) is 4.10. The zero-order valence-corrected chi connectivity index (χ0v) is 13.5. The minimum atomic E-state index is -0.268. The van der Waals surface area contributed by atoms with E-state index < -0.39 is 0 Å². The molecule has 1 fully saturated rings. The van der Waals surface area contributed by atoms with E-state index in [4.69, 9.17) is 0 Å². The van der Waals surface area contributed by atoms with Crippen LogP contribution in [0.15, 0.2) is 17.1 Å². The molecule has 1 saturated heterocycles. The molecule has 1 N–H and O–H groups in total. The van der Waals surface area contributed by atoms with Gasteiger partial charge in [-0.1, -0.05) is 27.2 Å². The van der Waals surface area contributed by atoms with E-state index >= 15 is 0 Å². The normalized spacial score (nSPS) is 20.1. The Kier molecular flexibility index (Phi) is 5.45. The van der Waals surface area contributed by atoms with Crippen LogP contribution in [0.25, 0.3) is 0 Å². The lowest BCUT2D eigenvalue weighted by Gasteiger charge is -2.35. The Morgan fingerprint density at radius 3 is 2.81 bits per heavy atom. The molecular formula is C17H28N2O2. The molecule has 0 radical (unpaired) electrons. The Morgan fingerprint density at radius 1 is 1.38 bits per heavy atom. The molecule has 0 amide bonds. The summed E-state index contributed by atoms with van der Waals surface area (Å²) in [5, 5.41) is 9.69. The quantitative estimate of drug-likeness (QED) is 0.907. The molecule has 1 aliphatic heterocycles. The van der Waals surface area contributed by atoms with Crippen molar-refractivity contribution in [2.24, 2.45) is 5.92 Å². The largest absolute Gasteiger partial charge is 0.503 e. The van der Waals surface area contributed by atoms with E-state index in [1.165, 1.54) is 19.3 Å². The average molecular weight is 292 g/mol. The van der Waals surface area contributed by atoms with Crippen molar-refractivity contribution in [3.05, 3.63) is 28.2 Å². The van der Waals surface area contributed by atoms with E-state index in [0.717, 1.165) is 31.7 Å². The number of likely N-dealkylation sites (tertiary alicyclic amines) is 1. The number of piperidine rings is 1. The van der Waals surface area contributed by atoms with Crippen LogP contribution in [0.3, 0.4) is 0 Å². The van der Waals surface area contributed by atoms with Crippen molar-refractivity contribution >= 4 is 0 Å². The first kappa shape index (κ1) is 16.1. The highest BCUT2D eigenvalue weighted by Gasteiger charge is 2.22. The van der Waals surface area contributed by atoms with Crippen LogP contribution in [0.4, 0.5) is 0 Å². The fourth-order valence-electron chi connectivity index (χ4n) is 3.24. The standard InChI is InChI=1S/C17H28N2O2/c1-4-14-7-5-6-8-18(14)11-15-9-16(20)17(21)12-19(15)10-13(2)3/h9,12-14,21H,4-8,10-11H2,1-3H3.